The molecular weight excluding hydrogens is 392 g/mol. The molecule has 0 aromatic heterocycles. The first-order valence-electron chi connectivity index (χ1n) is 10.8. The SMILES string of the molecule is C[C@@H]1CN(C[C@@H](Cc2ccccc2)C(=O)NCC(=O)O)CC[C@@]1(C)c1cccc(O)c1. The number of likely N-dealkylation sites (tertiary alicyclic amines) is 1. The Morgan fingerprint density at radius 3 is 2.58 bits per heavy atom. The molecule has 6 nitrogen and oxygen atoms in total. The van der Waals surface area contributed by atoms with Gasteiger partial charge in [-0.2, -0.15) is 0 Å². The van der Waals surface area contributed by atoms with Crippen molar-refractivity contribution in [3.05, 3.63) is 65.7 Å². The van der Waals surface area contributed by atoms with E-state index in [0.29, 0.717) is 18.9 Å². The highest BCUT2D eigenvalue weighted by Gasteiger charge is 2.39. The number of phenolic OH excluding ortho intramolecular Hbond substituents is 1. The quantitative estimate of drug-likeness (QED) is 0.606. The highest BCUT2D eigenvalue weighted by molar-refractivity contribution is 5.83. The van der Waals surface area contributed by atoms with E-state index in [4.69, 9.17) is 5.11 Å². The molecule has 0 bridgehead atoms. The number of amides is 1. The number of carboxylic acids is 1. The van der Waals surface area contributed by atoms with Crippen molar-refractivity contribution in [1.82, 2.24) is 10.2 Å². The van der Waals surface area contributed by atoms with Crippen molar-refractivity contribution in [3.63, 3.8) is 0 Å². The van der Waals surface area contributed by atoms with Gasteiger partial charge in [0.25, 0.3) is 0 Å². The number of aromatic hydroxyl groups is 1. The van der Waals surface area contributed by atoms with E-state index in [2.05, 4.69) is 30.1 Å². The molecule has 1 amide bonds. The van der Waals surface area contributed by atoms with Gasteiger partial charge < -0.3 is 20.4 Å². The van der Waals surface area contributed by atoms with Gasteiger partial charge in [-0.25, -0.2) is 0 Å². The number of hydrogen-bond donors (Lipinski definition) is 3. The van der Waals surface area contributed by atoms with E-state index in [0.717, 1.165) is 30.6 Å². The Morgan fingerprint density at radius 1 is 1.19 bits per heavy atom. The maximum absolute atomic E-state index is 12.8. The summed E-state index contributed by atoms with van der Waals surface area (Å²) in [6.45, 7) is 6.35. The molecule has 3 atom stereocenters. The van der Waals surface area contributed by atoms with Crippen LogP contribution in [-0.2, 0) is 21.4 Å². The monoisotopic (exact) mass is 424 g/mol. The van der Waals surface area contributed by atoms with Crippen LogP contribution in [0.5, 0.6) is 5.75 Å². The topological polar surface area (TPSA) is 89.9 Å². The predicted octanol–water partition coefficient (Wildman–Crippen LogP) is 3.05. The first kappa shape index (κ1) is 22.8. The third-order valence-electron chi connectivity index (χ3n) is 6.66. The van der Waals surface area contributed by atoms with Gasteiger partial charge in [-0.1, -0.05) is 56.3 Å². The molecule has 1 saturated heterocycles. The van der Waals surface area contributed by atoms with Gasteiger partial charge in [-0.3, -0.25) is 9.59 Å². The Bertz CT molecular complexity index is 901. The van der Waals surface area contributed by atoms with Crippen LogP contribution in [-0.4, -0.2) is 53.2 Å². The highest BCUT2D eigenvalue weighted by Crippen LogP contribution is 2.40. The Morgan fingerprint density at radius 2 is 1.94 bits per heavy atom. The molecule has 166 valence electrons. The summed E-state index contributed by atoms with van der Waals surface area (Å²) in [5, 5.41) is 21.4. The van der Waals surface area contributed by atoms with Crippen molar-refractivity contribution in [1.29, 1.82) is 0 Å². The lowest BCUT2D eigenvalue weighted by Crippen LogP contribution is -2.50. The van der Waals surface area contributed by atoms with E-state index in [1.54, 1.807) is 6.07 Å². The Hall–Kier alpha value is -2.86. The number of rotatable bonds is 8. The lowest BCUT2D eigenvalue weighted by Gasteiger charge is -2.45. The molecule has 2 aromatic rings. The Labute approximate surface area is 183 Å². The highest BCUT2D eigenvalue weighted by atomic mass is 16.4. The second-order valence-electron chi connectivity index (χ2n) is 8.88. The lowest BCUT2D eigenvalue weighted by molar-refractivity contribution is -0.138. The summed E-state index contributed by atoms with van der Waals surface area (Å²) in [6.07, 6.45) is 1.49. The number of nitrogens with one attached hydrogen (secondary N) is 1. The molecule has 1 fully saturated rings. The summed E-state index contributed by atoms with van der Waals surface area (Å²) >= 11 is 0. The molecule has 0 aliphatic carbocycles. The average Bonchev–Trinajstić information content (AvgIpc) is 2.75. The van der Waals surface area contributed by atoms with Gasteiger partial charge in [0.2, 0.25) is 5.91 Å². The first-order valence-corrected chi connectivity index (χ1v) is 10.8. The minimum atomic E-state index is -1.04. The normalized spacial score (nSPS) is 22.6. The number of piperidine rings is 1. The van der Waals surface area contributed by atoms with Gasteiger partial charge in [-0.15, -0.1) is 0 Å². The van der Waals surface area contributed by atoms with E-state index in [1.807, 2.05) is 42.5 Å². The molecule has 2 aromatic carbocycles. The summed E-state index contributed by atoms with van der Waals surface area (Å²) in [6, 6.07) is 17.3. The molecule has 1 aliphatic rings. The first-order chi connectivity index (χ1) is 14.8. The Balaban J connectivity index is 1.69. The zero-order valence-electron chi connectivity index (χ0n) is 18.3. The summed E-state index contributed by atoms with van der Waals surface area (Å²) < 4.78 is 0. The summed E-state index contributed by atoms with van der Waals surface area (Å²) in [5.74, 6) is -0.964. The van der Waals surface area contributed by atoms with E-state index in [1.165, 1.54) is 0 Å². The van der Waals surface area contributed by atoms with Crippen LogP contribution in [0.3, 0.4) is 0 Å². The summed E-state index contributed by atoms with van der Waals surface area (Å²) in [4.78, 5) is 26.0. The van der Waals surface area contributed by atoms with E-state index in [-0.39, 0.29) is 29.5 Å². The fourth-order valence-corrected chi connectivity index (χ4v) is 4.53. The van der Waals surface area contributed by atoms with Gasteiger partial charge in [-0.05, 0) is 54.0 Å². The second kappa shape index (κ2) is 9.96. The van der Waals surface area contributed by atoms with E-state index < -0.39 is 5.97 Å². The fourth-order valence-electron chi connectivity index (χ4n) is 4.53. The average molecular weight is 425 g/mol. The van der Waals surface area contributed by atoms with Crippen LogP contribution in [0.15, 0.2) is 54.6 Å². The molecule has 1 aliphatic heterocycles. The number of hydrogen-bond acceptors (Lipinski definition) is 4. The maximum atomic E-state index is 12.8. The number of aliphatic carboxylic acids is 1. The minimum absolute atomic E-state index is 0.0459. The third kappa shape index (κ3) is 5.85. The number of carbonyl (C=O) groups excluding carboxylic acids is 1. The third-order valence-corrected chi connectivity index (χ3v) is 6.66. The van der Waals surface area contributed by atoms with Gasteiger partial charge in [0.05, 0.1) is 5.92 Å². The maximum Gasteiger partial charge on any atom is 0.322 e. The van der Waals surface area contributed by atoms with Crippen LogP contribution in [0.2, 0.25) is 0 Å². The van der Waals surface area contributed by atoms with Crippen molar-refractivity contribution in [2.75, 3.05) is 26.2 Å². The number of carboxylic acid groups (broad SMARTS) is 1. The summed E-state index contributed by atoms with van der Waals surface area (Å²) in [7, 11) is 0. The molecule has 31 heavy (non-hydrogen) atoms. The van der Waals surface area contributed by atoms with Gasteiger partial charge in [0, 0.05) is 13.1 Å². The summed E-state index contributed by atoms with van der Waals surface area (Å²) in [5.41, 5.74) is 2.16. The molecular formula is C25H32N2O4. The van der Waals surface area contributed by atoms with Crippen LogP contribution in [0.25, 0.3) is 0 Å². The lowest BCUT2D eigenvalue weighted by atomic mass is 9.68. The smallest absolute Gasteiger partial charge is 0.322 e. The van der Waals surface area contributed by atoms with Crippen LogP contribution < -0.4 is 5.32 Å². The fraction of sp³-hybridized carbons (Fsp3) is 0.440. The number of benzene rings is 2. The van der Waals surface area contributed by atoms with Crippen molar-refractivity contribution < 1.29 is 19.8 Å². The van der Waals surface area contributed by atoms with Gasteiger partial charge in [0.15, 0.2) is 0 Å². The van der Waals surface area contributed by atoms with Crippen LogP contribution in [0.1, 0.15) is 31.4 Å². The second-order valence-corrected chi connectivity index (χ2v) is 8.88. The zero-order chi connectivity index (χ0) is 22.4. The van der Waals surface area contributed by atoms with Gasteiger partial charge >= 0.3 is 5.97 Å². The number of carbonyl (C=O) groups is 2. The van der Waals surface area contributed by atoms with E-state index in [9.17, 15) is 14.7 Å². The van der Waals surface area contributed by atoms with Crippen molar-refractivity contribution in [2.45, 2.75) is 32.1 Å². The van der Waals surface area contributed by atoms with Crippen LogP contribution in [0.4, 0.5) is 0 Å². The Kier molecular flexibility index (Phi) is 7.33. The van der Waals surface area contributed by atoms with Crippen LogP contribution >= 0.6 is 0 Å². The van der Waals surface area contributed by atoms with Crippen molar-refractivity contribution >= 4 is 11.9 Å². The van der Waals surface area contributed by atoms with Crippen LogP contribution in [0, 0.1) is 11.8 Å². The molecule has 1 heterocycles. The van der Waals surface area contributed by atoms with Crippen molar-refractivity contribution in [2.24, 2.45) is 11.8 Å². The van der Waals surface area contributed by atoms with Crippen molar-refractivity contribution in [3.8, 4) is 5.75 Å². The minimum Gasteiger partial charge on any atom is -0.508 e. The van der Waals surface area contributed by atoms with E-state index >= 15 is 0 Å². The molecule has 3 rings (SSSR count). The molecule has 0 radical (unpaired) electrons. The largest absolute Gasteiger partial charge is 0.508 e. The standard InChI is InChI=1S/C25H32N2O4/c1-18-16-27(12-11-25(18,2)21-9-6-10-22(28)14-21)17-20(24(31)26-15-23(29)30)13-19-7-4-3-5-8-19/h3-10,14,18,20,28H,11-13,15-17H2,1-2H3,(H,26,31)(H,29,30)/t18-,20-,25-/m1/s1. The molecule has 0 saturated carbocycles. The number of phenols is 1. The van der Waals surface area contributed by atoms with Gasteiger partial charge in [0.1, 0.15) is 12.3 Å². The molecule has 0 spiro atoms. The number of nitrogens with zero attached hydrogens (tertiary/aromatic N) is 1. The molecule has 6 heteroatoms. The zero-order valence-corrected chi connectivity index (χ0v) is 18.3. The molecule has 0 unspecified atom stereocenters. The predicted molar refractivity (Wildman–Crippen MR) is 120 cm³/mol. The molecule has 3 N–H and O–H groups in total.